The minimum absolute atomic E-state index is 0.0510. The maximum absolute atomic E-state index is 11.4. The van der Waals surface area contributed by atoms with Gasteiger partial charge in [0.05, 0.1) is 0 Å². The van der Waals surface area contributed by atoms with Gasteiger partial charge in [0.1, 0.15) is 11.6 Å². The minimum atomic E-state index is -0.160. The Morgan fingerprint density at radius 1 is 1.36 bits per heavy atom. The molecular formula is C11H20O2S. The van der Waals surface area contributed by atoms with Gasteiger partial charge in [0.15, 0.2) is 0 Å². The standard InChI is InChI=1S/C11H20O2S/c1-5-11(3,4)10(8(2)12)6-9(13)7-14/h10,14H,5-7H2,1-4H3. The van der Waals surface area contributed by atoms with Crippen LogP contribution in [0.1, 0.15) is 40.5 Å². The number of thiol groups is 1. The Morgan fingerprint density at radius 2 is 1.86 bits per heavy atom. The molecular weight excluding hydrogens is 196 g/mol. The summed E-state index contributed by atoms with van der Waals surface area (Å²) < 4.78 is 0. The molecule has 2 nitrogen and oxygen atoms in total. The molecule has 14 heavy (non-hydrogen) atoms. The molecule has 0 saturated heterocycles. The summed E-state index contributed by atoms with van der Waals surface area (Å²) in [4.78, 5) is 22.7. The zero-order valence-electron chi connectivity index (χ0n) is 9.46. The van der Waals surface area contributed by atoms with E-state index in [0.717, 1.165) is 6.42 Å². The molecule has 0 aromatic rings. The summed E-state index contributed by atoms with van der Waals surface area (Å²) in [6.07, 6.45) is 1.23. The lowest BCUT2D eigenvalue weighted by Gasteiger charge is -2.31. The molecule has 82 valence electrons. The van der Waals surface area contributed by atoms with E-state index in [1.807, 2.05) is 20.8 Å². The Morgan fingerprint density at radius 3 is 2.14 bits per heavy atom. The highest BCUT2D eigenvalue weighted by Gasteiger charge is 2.32. The van der Waals surface area contributed by atoms with Gasteiger partial charge < -0.3 is 0 Å². The van der Waals surface area contributed by atoms with Crippen molar-refractivity contribution >= 4 is 24.2 Å². The fraction of sp³-hybridized carbons (Fsp3) is 0.818. The lowest BCUT2D eigenvalue weighted by Crippen LogP contribution is -2.31. The van der Waals surface area contributed by atoms with Crippen molar-refractivity contribution in [3.63, 3.8) is 0 Å². The molecule has 0 aliphatic heterocycles. The van der Waals surface area contributed by atoms with Crippen molar-refractivity contribution in [3.8, 4) is 0 Å². The molecule has 1 atom stereocenters. The van der Waals surface area contributed by atoms with Crippen molar-refractivity contribution in [2.45, 2.75) is 40.5 Å². The summed E-state index contributed by atoms with van der Waals surface area (Å²) in [5.41, 5.74) is -0.0928. The number of carbonyl (C=O) groups is 2. The lowest BCUT2D eigenvalue weighted by atomic mass is 9.72. The van der Waals surface area contributed by atoms with Crippen LogP contribution in [-0.2, 0) is 9.59 Å². The minimum Gasteiger partial charge on any atom is -0.300 e. The maximum Gasteiger partial charge on any atom is 0.143 e. The first-order valence-corrected chi connectivity index (χ1v) is 5.61. The van der Waals surface area contributed by atoms with Crippen LogP contribution in [0.25, 0.3) is 0 Å². The van der Waals surface area contributed by atoms with Crippen LogP contribution in [-0.4, -0.2) is 17.3 Å². The van der Waals surface area contributed by atoms with Crippen LogP contribution in [0.15, 0.2) is 0 Å². The molecule has 3 heteroatoms. The van der Waals surface area contributed by atoms with Crippen molar-refractivity contribution in [1.82, 2.24) is 0 Å². The van der Waals surface area contributed by atoms with Gasteiger partial charge in [-0.2, -0.15) is 12.6 Å². The predicted molar refractivity (Wildman–Crippen MR) is 61.7 cm³/mol. The molecule has 0 spiro atoms. The second kappa shape index (κ2) is 5.54. The van der Waals surface area contributed by atoms with Crippen molar-refractivity contribution in [1.29, 1.82) is 0 Å². The normalized spacial score (nSPS) is 13.8. The number of hydrogen-bond acceptors (Lipinski definition) is 3. The third kappa shape index (κ3) is 3.82. The van der Waals surface area contributed by atoms with Crippen LogP contribution in [0.3, 0.4) is 0 Å². The summed E-state index contributed by atoms with van der Waals surface area (Å²) in [7, 11) is 0. The van der Waals surface area contributed by atoms with Crippen LogP contribution < -0.4 is 0 Å². The Bertz CT molecular complexity index is 221. The lowest BCUT2D eigenvalue weighted by molar-refractivity contribution is -0.129. The summed E-state index contributed by atoms with van der Waals surface area (Å²) in [6.45, 7) is 7.67. The molecule has 0 N–H and O–H groups in total. The number of carbonyl (C=O) groups excluding carboxylic acids is 2. The van der Waals surface area contributed by atoms with Crippen molar-refractivity contribution < 1.29 is 9.59 Å². The van der Waals surface area contributed by atoms with E-state index >= 15 is 0 Å². The van der Waals surface area contributed by atoms with Gasteiger partial charge in [-0.05, 0) is 12.3 Å². The van der Waals surface area contributed by atoms with Crippen molar-refractivity contribution in [2.75, 3.05) is 5.75 Å². The SMILES string of the molecule is CCC(C)(C)C(CC(=O)CS)C(C)=O. The average molecular weight is 216 g/mol. The predicted octanol–water partition coefficient (Wildman–Crippen LogP) is 2.52. The van der Waals surface area contributed by atoms with E-state index < -0.39 is 0 Å². The maximum atomic E-state index is 11.4. The molecule has 0 amide bonds. The van der Waals surface area contributed by atoms with Crippen LogP contribution in [0.4, 0.5) is 0 Å². The van der Waals surface area contributed by atoms with Crippen LogP contribution in [0.5, 0.6) is 0 Å². The molecule has 0 fully saturated rings. The molecule has 0 aromatic heterocycles. The molecule has 0 rings (SSSR count). The molecule has 0 saturated carbocycles. The second-order valence-corrected chi connectivity index (χ2v) is 4.72. The fourth-order valence-electron chi connectivity index (χ4n) is 1.51. The third-order valence-electron chi connectivity index (χ3n) is 2.95. The fourth-order valence-corrected chi connectivity index (χ4v) is 1.64. The summed E-state index contributed by atoms with van der Waals surface area (Å²) in [5, 5.41) is 0. The van der Waals surface area contributed by atoms with Gasteiger partial charge in [0.2, 0.25) is 0 Å². The van der Waals surface area contributed by atoms with Crippen molar-refractivity contribution in [2.24, 2.45) is 11.3 Å². The Hall–Kier alpha value is -0.310. The highest BCUT2D eigenvalue weighted by Crippen LogP contribution is 2.33. The van der Waals surface area contributed by atoms with E-state index in [4.69, 9.17) is 0 Å². The average Bonchev–Trinajstić information content (AvgIpc) is 2.12. The smallest absolute Gasteiger partial charge is 0.143 e. The Labute approximate surface area is 91.9 Å². The summed E-state index contributed by atoms with van der Waals surface area (Å²) in [6, 6.07) is 0. The van der Waals surface area contributed by atoms with Gasteiger partial charge in [-0.15, -0.1) is 0 Å². The molecule has 1 unspecified atom stereocenters. The molecule has 0 aliphatic rings. The van der Waals surface area contributed by atoms with Gasteiger partial charge in [0.25, 0.3) is 0 Å². The zero-order valence-corrected chi connectivity index (χ0v) is 10.4. The van der Waals surface area contributed by atoms with Gasteiger partial charge in [0, 0.05) is 18.1 Å². The van der Waals surface area contributed by atoms with E-state index in [2.05, 4.69) is 12.6 Å². The number of hydrogen-bond donors (Lipinski definition) is 1. The highest BCUT2D eigenvalue weighted by molar-refractivity contribution is 7.81. The Kier molecular flexibility index (Phi) is 5.42. The highest BCUT2D eigenvalue weighted by atomic mass is 32.1. The van der Waals surface area contributed by atoms with E-state index in [0.29, 0.717) is 6.42 Å². The number of ketones is 2. The summed E-state index contributed by atoms with van der Waals surface area (Å²) in [5.74, 6) is 0.220. The molecule has 0 radical (unpaired) electrons. The molecule has 0 aromatic carbocycles. The van der Waals surface area contributed by atoms with E-state index in [1.165, 1.54) is 0 Å². The Balaban J connectivity index is 4.61. The number of Topliss-reactive ketones (excluding diaryl/α,β-unsaturated/α-hetero) is 2. The first-order valence-electron chi connectivity index (χ1n) is 4.98. The van der Waals surface area contributed by atoms with Gasteiger partial charge in [-0.3, -0.25) is 9.59 Å². The monoisotopic (exact) mass is 216 g/mol. The van der Waals surface area contributed by atoms with Gasteiger partial charge >= 0.3 is 0 Å². The van der Waals surface area contributed by atoms with Gasteiger partial charge in [-0.1, -0.05) is 27.2 Å². The van der Waals surface area contributed by atoms with E-state index in [-0.39, 0.29) is 28.7 Å². The number of rotatable bonds is 6. The van der Waals surface area contributed by atoms with E-state index in [1.54, 1.807) is 6.92 Å². The topological polar surface area (TPSA) is 34.1 Å². The van der Waals surface area contributed by atoms with Crippen LogP contribution >= 0.6 is 12.6 Å². The quantitative estimate of drug-likeness (QED) is 0.692. The first-order chi connectivity index (χ1) is 6.35. The third-order valence-corrected chi connectivity index (χ3v) is 3.31. The zero-order chi connectivity index (χ0) is 11.4. The van der Waals surface area contributed by atoms with E-state index in [9.17, 15) is 9.59 Å². The van der Waals surface area contributed by atoms with Crippen molar-refractivity contribution in [3.05, 3.63) is 0 Å². The molecule has 0 bridgehead atoms. The largest absolute Gasteiger partial charge is 0.300 e. The second-order valence-electron chi connectivity index (χ2n) is 4.41. The summed E-state index contributed by atoms with van der Waals surface area (Å²) >= 11 is 3.92. The van der Waals surface area contributed by atoms with Crippen LogP contribution in [0, 0.1) is 11.3 Å². The van der Waals surface area contributed by atoms with Gasteiger partial charge in [-0.25, -0.2) is 0 Å². The first kappa shape index (κ1) is 13.7. The molecule has 0 heterocycles. The van der Waals surface area contributed by atoms with Crippen LogP contribution in [0.2, 0.25) is 0 Å². The molecule has 0 aliphatic carbocycles.